The first-order valence-electron chi connectivity index (χ1n) is 7.15. The summed E-state index contributed by atoms with van der Waals surface area (Å²) in [5, 5.41) is 13.6. The number of nitrogens with zero attached hydrogens (tertiary/aromatic N) is 3. The number of carbonyl (C=O) groups excluding carboxylic acids is 1. The molecule has 1 atom stereocenters. The summed E-state index contributed by atoms with van der Waals surface area (Å²) in [4.78, 5) is 12.7. The van der Waals surface area contributed by atoms with Crippen molar-refractivity contribution in [2.45, 2.75) is 32.6 Å². The van der Waals surface area contributed by atoms with Crippen LogP contribution in [-0.4, -0.2) is 15.6 Å². The van der Waals surface area contributed by atoms with Gasteiger partial charge in [0, 0.05) is 37.2 Å². The first kappa shape index (κ1) is 14.4. The zero-order valence-corrected chi connectivity index (χ0v) is 12.9. The van der Waals surface area contributed by atoms with Crippen molar-refractivity contribution in [2.75, 3.05) is 0 Å². The summed E-state index contributed by atoms with van der Waals surface area (Å²) >= 11 is 0. The topological polar surface area (TPSA) is 93.9 Å². The van der Waals surface area contributed by atoms with Gasteiger partial charge in [0.2, 0.25) is 5.88 Å². The van der Waals surface area contributed by atoms with Gasteiger partial charge in [-0.1, -0.05) is 13.8 Å². The maximum absolute atomic E-state index is 12.7. The van der Waals surface area contributed by atoms with Crippen molar-refractivity contribution < 1.29 is 9.53 Å². The molecule has 0 unspecified atom stereocenters. The van der Waals surface area contributed by atoms with Crippen LogP contribution >= 0.6 is 0 Å². The van der Waals surface area contributed by atoms with Crippen LogP contribution in [0.2, 0.25) is 0 Å². The minimum Gasteiger partial charge on any atom is -0.444 e. The van der Waals surface area contributed by atoms with Crippen molar-refractivity contribution in [1.29, 1.82) is 5.26 Å². The van der Waals surface area contributed by atoms with E-state index in [9.17, 15) is 10.1 Å². The number of aryl methyl sites for hydroxylation is 1. The fourth-order valence-electron chi connectivity index (χ4n) is 3.21. The fourth-order valence-corrected chi connectivity index (χ4v) is 3.21. The van der Waals surface area contributed by atoms with E-state index in [1.165, 1.54) is 0 Å². The average molecular weight is 298 g/mol. The van der Waals surface area contributed by atoms with E-state index in [1.54, 1.807) is 24.1 Å². The largest absolute Gasteiger partial charge is 0.444 e. The van der Waals surface area contributed by atoms with E-state index in [4.69, 9.17) is 10.5 Å². The van der Waals surface area contributed by atoms with E-state index >= 15 is 0 Å². The number of nitrogens with two attached hydrogens (primary N) is 1. The number of aromatic nitrogens is 2. The van der Waals surface area contributed by atoms with Crippen molar-refractivity contribution in [1.82, 2.24) is 9.78 Å². The van der Waals surface area contributed by atoms with E-state index in [0.29, 0.717) is 24.2 Å². The Balaban J connectivity index is 2.17. The van der Waals surface area contributed by atoms with Crippen LogP contribution in [0.25, 0.3) is 0 Å². The summed E-state index contributed by atoms with van der Waals surface area (Å²) in [6, 6.07) is 2.09. The Morgan fingerprint density at radius 1 is 1.50 bits per heavy atom. The van der Waals surface area contributed by atoms with E-state index in [1.807, 2.05) is 13.8 Å². The normalized spacial score (nSPS) is 23.9. The molecule has 22 heavy (non-hydrogen) atoms. The van der Waals surface area contributed by atoms with Crippen molar-refractivity contribution >= 4 is 5.78 Å². The van der Waals surface area contributed by atoms with Gasteiger partial charge in [0.05, 0.1) is 12.1 Å². The van der Waals surface area contributed by atoms with Gasteiger partial charge in [0.1, 0.15) is 17.4 Å². The van der Waals surface area contributed by atoms with Gasteiger partial charge in [-0.15, -0.1) is 0 Å². The number of Topliss-reactive ketones (excluding diaryl/α,β-unsaturated/α-hetero) is 1. The SMILES string of the molecule is Cn1cc([C@H]2C(C#N)=C(N)OC3=C2C(=O)CC(C)(C)C3)cn1. The fraction of sp³-hybridized carbons (Fsp3) is 0.438. The molecule has 1 aliphatic carbocycles. The number of allylic oxidation sites excluding steroid dienone is 3. The maximum Gasteiger partial charge on any atom is 0.205 e. The van der Waals surface area contributed by atoms with Crippen LogP contribution in [-0.2, 0) is 16.6 Å². The van der Waals surface area contributed by atoms with Crippen LogP contribution in [0.3, 0.4) is 0 Å². The lowest BCUT2D eigenvalue weighted by Gasteiger charge is -2.36. The molecule has 0 fully saturated rings. The van der Waals surface area contributed by atoms with Gasteiger partial charge in [-0.25, -0.2) is 0 Å². The Hall–Kier alpha value is -2.55. The number of hydrogen-bond acceptors (Lipinski definition) is 5. The van der Waals surface area contributed by atoms with Crippen molar-refractivity contribution in [3.8, 4) is 6.07 Å². The standard InChI is InChI=1S/C16H18N4O2/c1-16(2)4-11(21)14-12(5-16)22-15(18)10(6-17)13(14)9-7-19-20(3)8-9/h7-8,13H,4-5,18H2,1-3H3/t13-/m0/s1. The molecule has 2 aliphatic rings. The molecule has 2 N–H and O–H groups in total. The van der Waals surface area contributed by atoms with Crippen LogP contribution in [0.15, 0.2) is 35.2 Å². The summed E-state index contributed by atoms with van der Waals surface area (Å²) in [5.74, 6) is 0.207. The number of carbonyl (C=O) groups is 1. The van der Waals surface area contributed by atoms with Gasteiger partial charge in [0.15, 0.2) is 5.78 Å². The van der Waals surface area contributed by atoms with Crippen LogP contribution in [0.4, 0.5) is 0 Å². The summed E-state index contributed by atoms with van der Waals surface area (Å²) in [7, 11) is 1.79. The number of ketones is 1. The molecule has 0 radical (unpaired) electrons. The molecule has 2 heterocycles. The van der Waals surface area contributed by atoms with Gasteiger partial charge in [0.25, 0.3) is 0 Å². The molecule has 0 saturated carbocycles. The molecular formula is C16H18N4O2. The van der Waals surface area contributed by atoms with Gasteiger partial charge in [-0.2, -0.15) is 10.4 Å². The highest BCUT2D eigenvalue weighted by atomic mass is 16.5. The van der Waals surface area contributed by atoms with E-state index in [-0.39, 0.29) is 22.7 Å². The lowest BCUT2D eigenvalue weighted by atomic mass is 9.70. The molecule has 6 nitrogen and oxygen atoms in total. The van der Waals surface area contributed by atoms with E-state index < -0.39 is 5.92 Å². The first-order valence-corrected chi connectivity index (χ1v) is 7.15. The molecule has 3 rings (SSSR count). The second-order valence-corrected chi connectivity index (χ2v) is 6.65. The second-order valence-electron chi connectivity index (χ2n) is 6.65. The number of hydrogen-bond donors (Lipinski definition) is 1. The van der Waals surface area contributed by atoms with Crippen LogP contribution in [0.1, 0.15) is 38.2 Å². The highest BCUT2D eigenvalue weighted by molar-refractivity contribution is 6.00. The molecule has 0 saturated heterocycles. The van der Waals surface area contributed by atoms with Gasteiger partial charge in [-0.3, -0.25) is 9.48 Å². The molecule has 0 aromatic carbocycles. The zero-order valence-electron chi connectivity index (χ0n) is 12.9. The Labute approximate surface area is 128 Å². The molecule has 114 valence electrons. The molecule has 0 spiro atoms. The third-order valence-corrected chi connectivity index (χ3v) is 4.13. The Morgan fingerprint density at radius 2 is 2.23 bits per heavy atom. The molecule has 1 aliphatic heterocycles. The molecule has 6 heteroatoms. The predicted molar refractivity (Wildman–Crippen MR) is 78.9 cm³/mol. The Morgan fingerprint density at radius 3 is 2.82 bits per heavy atom. The summed E-state index contributed by atoms with van der Waals surface area (Å²) in [5.41, 5.74) is 7.38. The number of rotatable bonds is 1. The summed E-state index contributed by atoms with van der Waals surface area (Å²) in [6.07, 6.45) is 4.53. The van der Waals surface area contributed by atoms with Crippen molar-refractivity contribution in [2.24, 2.45) is 18.2 Å². The van der Waals surface area contributed by atoms with E-state index in [0.717, 1.165) is 5.56 Å². The molecule has 0 amide bonds. The monoisotopic (exact) mass is 298 g/mol. The van der Waals surface area contributed by atoms with Gasteiger partial charge < -0.3 is 10.5 Å². The minimum atomic E-state index is -0.481. The average Bonchev–Trinajstić information content (AvgIpc) is 2.82. The highest BCUT2D eigenvalue weighted by Gasteiger charge is 2.43. The Kier molecular flexibility index (Phi) is 3.10. The molecular weight excluding hydrogens is 280 g/mol. The van der Waals surface area contributed by atoms with Crippen LogP contribution in [0, 0.1) is 16.7 Å². The van der Waals surface area contributed by atoms with E-state index in [2.05, 4.69) is 11.2 Å². The minimum absolute atomic E-state index is 0.0142. The lowest BCUT2D eigenvalue weighted by Crippen LogP contribution is -2.33. The van der Waals surface area contributed by atoms with Gasteiger partial charge in [-0.05, 0) is 5.41 Å². The van der Waals surface area contributed by atoms with Crippen LogP contribution < -0.4 is 5.73 Å². The number of nitriles is 1. The lowest BCUT2D eigenvalue weighted by molar-refractivity contribution is -0.119. The Bertz CT molecular complexity index is 761. The highest BCUT2D eigenvalue weighted by Crippen LogP contribution is 2.47. The second kappa shape index (κ2) is 4.73. The number of ether oxygens (including phenoxy) is 1. The first-order chi connectivity index (χ1) is 10.3. The quantitative estimate of drug-likeness (QED) is 0.854. The van der Waals surface area contributed by atoms with Gasteiger partial charge >= 0.3 is 0 Å². The predicted octanol–water partition coefficient (Wildman–Crippen LogP) is 1.87. The smallest absolute Gasteiger partial charge is 0.205 e. The molecule has 1 aromatic rings. The third kappa shape index (κ3) is 2.19. The summed E-state index contributed by atoms with van der Waals surface area (Å²) in [6.45, 7) is 4.05. The van der Waals surface area contributed by atoms with Crippen molar-refractivity contribution in [3.63, 3.8) is 0 Å². The third-order valence-electron chi connectivity index (χ3n) is 4.13. The molecule has 1 aromatic heterocycles. The molecule has 0 bridgehead atoms. The zero-order chi connectivity index (χ0) is 16.1. The van der Waals surface area contributed by atoms with Crippen LogP contribution in [0.5, 0.6) is 0 Å². The van der Waals surface area contributed by atoms with Crippen molar-refractivity contribution in [3.05, 3.63) is 40.7 Å². The maximum atomic E-state index is 12.7. The summed E-state index contributed by atoms with van der Waals surface area (Å²) < 4.78 is 7.27.